The lowest BCUT2D eigenvalue weighted by atomic mass is 9.96. The monoisotopic (exact) mass is 542 g/mol. The Morgan fingerprint density at radius 1 is 0.757 bits per heavy atom. The quantitative estimate of drug-likeness (QED) is 0.223. The first-order chi connectivity index (χ1) is 17.9. The molecule has 4 heteroatoms. The van der Waals surface area contributed by atoms with E-state index >= 15 is 0 Å². The van der Waals surface area contributed by atoms with Gasteiger partial charge in [-0.25, -0.2) is 9.97 Å². The molecule has 2 heterocycles. The minimum Gasteiger partial charge on any atom is -0.456 e. The van der Waals surface area contributed by atoms with E-state index in [1.54, 1.807) is 0 Å². The van der Waals surface area contributed by atoms with E-state index in [4.69, 9.17) is 14.4 Å². The van der Waals surface area contributed by atoms with E-state index < -0.39 is 0 Å². The molecule has 4 aromatic carbocycles. The van der Waals surface area contributed by atoms with E-state index in [9.17, 15) is 0 Å². The first kappa shape index (κ1) is 22.2. The van der Waals surface area contributed by atoms with Gasteiger partial charge < -0.3 is 4.42 Å². The summed E-state index contributed by atoms with van der Waals surface area (Å²) in [7, 11) is 0. The summed E-state index contributed by atoms with van der Waals surface area (Å²) in [6.07, 6.45) is 6.57. The van der Waals surface area contributed by atoms with Gasteiger partial charge in [0.05, 0.1) is 11.2 Å². The Hall–Kier alpha value is -4.02. The predicted octanol–water partition coefficient (Wildman–Crippen LogP) is 9.61. The maximum Gasteiger partial charge on any atom is 0.160 e. The fourth-order valence-corrected chi connectivity index (χ4v) is 5.58. The molecule has 0 bridgehead atoms. The van der Waals surface area contributed by atoms with E-state index in [-0.39, 0.29) is 5.41 Å². The minimum absolute atomic E-state index is 0.00542. The molecule has 178 valence electrons. The van der Waals surface area contributed by atoms with Crippen molar-refractivity contribution in [3.63, 3.8) is 0 Å². The van der Waals surface area contributed by atoms with Crippen LogP contribution in [0.15, 0.2) is 112 Å². The van der Waals surface area contributed by atoms with Crippen molar-refractivity contribution in [2.45, 2.75) is 13.8 Å². The number of nitrogens with zero attached hydrogens (tertiary/aromatic N) is 2. The summed E-state index contributed by atoms with van der Waals surface area (Å²) < 4.78 is 7.21. The third-order valence-electron chi connectivity index (χ3n) is 6.99. The summed E-state index contributed by atoms with van der Waals surface area (Å²) in [5, 5.41) is 3.23. The first-order valence-corrected chi connectivity index (χ1v) is 13.2. The van der Waals surface area contributed by atoms with Gasteiger partial charge in [0.25, 0.3) is 0 Å². The molecule has 2 aromatic heterocycles. The molecule has 37 heavy (non-hydrogen) atoms. The van der Waals surface area contributed by atoms with Crippen molar-refractivity contribution in [1.29, 1.82) is 0 Å². The van der Waals surface area contributed by atoms with Crippen LogP contribution in [0.2, 0.25) is 0 Å². The van der Waals surface area contributed by atoms with Gasteiger partial charge in [0.15, 0.2) is 5.82 Å². The largest absolute Gasteiger partial charge is 0.456 e. The van der Waals surface area contributed by atoms with Crippen molar-refractivity contribution in [3.8, 4) is 22.4 Å². The van der Waals surface area contributed by atoms with Crippen LogP contribution in [-0.2, 0) is 0 Å². The van der Waals surface area contributed by atoms with Crippen molar-refractivity contribution in [2.75, 3.05) is 0 Å². The standard InChI is InChI=1S/C33H23BrN2O/c1-33(2)16-15-22(19-33)32-35-27-13-11-21(17-25(27)31(36-32)20-7-4-3-5-8-20)24-9-6-10-29-30(24)26-18-23(34)12-14-28(26)37-29/h3-19H,1-2H3. The van der Waals surface area contributed by atoms with Gasteiger partial charge >= 0.3 is 0 Å². The fourth-order valence-electron chi connectivity index (χ4n) is 5.22. The van der Waals surface area contributed by atoms with Crippen LogP contribution in [0.3, 0.4) is 0 Å². The summed E-state index contributed by atoms with van der Waals surface area (Å²) in [4.78, 5) is 10.1. The fraction of sp³-hybridized carbons (Fsp3) is 0.0909. The van der Waals surface area contributed by atoms with Gasteiger partial charge in [-0.1, -0.05) is 96.5 Å². The molecule has 0 unspecified atom stereocenters. The molecule has 0 spiro atoms. The molecule has 0 saturated carbocycles. The van der Waals surface area contributed by atoms with Crippen molar-refractivity contribution in [3.05, 3.63) is 113 Å². The van der Waals surface area contributed by atoms with Gasteiger partial charge in [0.1, 0.15) is 11.2 Å². The van der Waals surface area contributed by atoms with E-state index in [1.165, 1.54) is 0 Å². The minimum atomic E-state index is 0.00542. The van der Waals surface area contributed by atoms with Gasteiger partial charge in [0.2, 0.25) is 0 Å². The number of fused-ring (bicyclic) bond motifs is 4. The Labute approximate surface area is 223 Å². The van der Waals surface area contributed by atoms with Gasteiger partial charge in [-0.15, -0.1) is 0 Å². The Balaban J connectivity index is 1.49. The van der Waals surface area contributed by atoms with Gasteiger partial charge in [-0.2, -0.15) is 0 Å². The molecule has 1 aliphatic rings. The average molecular weight is 543 g/mol. The molecule has 0 atom stereocenters. The molecule has 0 saturated heterocycles. The predicted molar refractivity (Wildman–Crippen MR) is 156 cm³/mol. The molecule has 1 aliphatic carbocycles. The molecule has 7 rings (SSSR count). The highest BCUT2D eigenvalue weighted by atomic mass is 79.9. The number of hydrogen-bond donors (Lipinski definition) is 0. The van der Waals surface area contributed by atoms with Crippen LogP contribution >= 0.6 is 15.9 Å². The Morgan fingerprint density at radius 2 is 1.62 bits per heavy atom. The molecule has 0 radical (unpaired) electrons. The van der Waals surface area contributed by atoms with Crippen LogP contribution in [-0.4, -0.2) is 9.97 Å². The summed E-state index contributed by atoms with van der Waals surface area (Å²) in [5.41, 5.74) is 8.00. The number of benzene rings is 4. The second kappa shape index (κ2) is 8.25. The van der Waals surface area contributed by atoms with Crippen molar-refractivity contribution in [1.82, 2.24) is 9.97 Å². The lowest BCUT2D eigenvalue weighted by Crippen LogP contribution is -2.00. The lowest BCUT2D eigenvalue weighted by molar-refractivity contribution is 0.637. The number of halogens is 1. The van der Waals surface area contributed by atoms with Crippen molar-refractivity contribution in [2.24, 2.45) is 5.41 Å². The van der Waals surface area contributed by atoms with Crippen LogP contribution in [0.25, 0.3) is 60.8 Å². The Kier molecular flexibility index (Phi) is 4.95. The second-order valence-electron chi connectivity index (χ2n) is 10.2. The maximum absolute atomic E-state index is 6.18. The van der Waals surface area contributed by atoms with E-state index in [1.807, 2.05) is 24.3 Å². The number of rotatable bonds is 3. The maximum atomic E-state index is 6.18. The van der Waals surface area contributed by atoms with Crippen LogP contribution < -0.4 is 0 Å². The van der Waals surface area contributed by atoms with Crippen LogP contribution in [0.4, 0.5) is 0 Å². The number of hydrogen-bond acceptors (Lipinski definition) is 3. The van der Waals surface area contributed by atoms with Crippen molar-refractivity contribution >= 4 is 54.3 Å². The normalized spacial score (nSPS) is 14.6. The van der Waals surface area contributed by atoms with E-state index in [0.29, 0.717) is 0 Å². The Morgan fingerprint density at radius 3 is 2.43 bits per heavy atom. The second-order valence-corrected chi connectivity index (χ2v) is 11.1. The average Bonchev–Trinajstić information content (AvgIpc) is 3.47. The van der Waals surface area contributed by atoms with E-state index in [0.717, 1.165) is 71.1 Å². The molecule has 6 aromatic rings. The molecule has 0 fully saturated rings. The molecule has 0 N–H and O–H groups in total. The zero-order chi connectivity index (χ0) is 25.1. The summed E-state index contributed by atoms with van der Waals surface area (Å²) in [6.45, 7) is 4.39. The third-order valence-corrected chi connectivity index (χ3v) is 7.48. The van der Waals surface area contributed by atoms with Crippen LogP contribution in [0.5, 0.6) is 0 Å². The molecular weight excluding hydrogens is 520 g/mol. The summed E-state index contributed by atoms with van der Waals surface area (Å²) in [5.74, 6) is 0.758. The highest BCUT2D eigenvalue weighted by molar-refractivity contribution is 9.10. The van der Waals surface area contributed by atoms with E-state index in [2.05, 4.69) is 109 Å². The number of aromatic nitrogens is 2. The highest BCUT2D eigenvalue weighted by Gasteiger charge is 2.21. The molecule has 0 amide bonds. The first-order valence-electron chi connectivity index (χ1n) is 12.4. The molecule has 3 nitrogen and oxygen atoms in total. The Bertz CT molecular complexity index is 1910. The van der Waals surface area contributed by atoms with Crippen LogP contribution in [0.1, 0.15) is 19.7 Å². The number of allylic oxidation sites excluding steroid dienone is 4. The summed E-state index contributed by atoms with van der Waals surface area (Å²) in [6, 6.07) is 29.3. The van der Waals surface area contributed by atoms with Gasteiger partial charge in [-0.05, 0) is 47.5 Å². The SMILES string of the molecule is CC1(C)C=CC(c2nc(-c3ccccc3)c3cc(-c4cccc5oc6ccc(Br)cc6c45)ccc3n2)=C1. The topological polar surface area (TPSA) is 38.9 Å². The van der Waals surface area contributed by atoms with Crippen molar-refractivity contribution < 1.29 is 4.42 Å². The van der Waals surface area contributed by atoms with Gasteiger partial charge in [0, 0.05) is 37.2 Å². The number of furan rings is 1. The van der Waals surface area contributed by atoms with Crippen LogP contribution in [0, 0.1) is 5.41 Å². The third kappa shape index (κ3) is 3.80. The highest BCUT2D eigenvalue weighted by Crippen LogP contribution is 2.40. The molecule has 0 aliphatic heterocycles. The zero-order valence-corrected chi connectivity index (χ0v) is 22.1. The summed E-state index contributed by atoms with van der Waals surface area (Å²) >= 11 is 3.63. The van der Waals surface area contributed by atoms with Gasteiger partial charge in [-0.3, -0.25) is 0 Å². The zero-order valence-electron chi connectivity index (χ0n) is 20.5. The smallest absolute Gasteiger partial charge is 0.160 e. The molecular formula is C33H23BrN2O. The lowest BCUT2D eigenvalue weighted by Gasteiger charge is -2.12.